The third kappa shape index (κ3) is 2.54. The Balaban J connectivity index is 2.19. The summed E-state index contributed by atoms with van der Waals surface area (Å²) in [6, 6.07) is 5.53. The zero-order valence-corrected chi connectivity index (χ0v) is 10.6. The first-order chi connectivity index (χ1) is 8.63. The van der Waals surface area contributed by atoms with Gasteiger partial charge < -0.3 is 5.73 Å². The summed E-state index contributed by atoms with van der Waals surface area (Å²) in [5, 5.41) is -0.359. The van der Waals surface area contributed by atoms with E-state index in [-0.39, 0.29) is 23.5 Å². The van der Waals surface area contributed by atoms with Crippen molar-refractivity contribution in [3.8, 4) is 0 Å². The van der Waals surface area contributed by atoms with Crippen LogP contribution in [0.5, 0.6) is 0 Å². The number of carbonyl (C=O) groups is 2. The SMILES string of the molecule is [NH3+]CCS[C@@H]1CC(=O)N(c2cccc(F)c2)C1=O. The molecule has 1 aromatic rings. The van der Waals surface area contributed by atoms with E-state index in [0.717, 1.165) is 10.7 Å². The molecule has 1 aliphatic rings. The number of amides is 2. The number of halogens is 1. The van der Waals surface area contributed by atoms with Gasteiger partial charge in [-0.25, -0.2) is 9.29 Å². The van der Waals surface area contributed by atoms with Crippen molar-refractivity contribution in [2.75, 3.05) is 17.2 Å². The molecule has 2 rings (SSSR count). The number of hydrogen-bond acceptors (Lipinski definition) is 3. The Bertz CT molecular complexity index is 481. The molecule has 0 aromatic heterocycles. The van der Waals surface area contributed by atoms with Crippen molar-refractivity contribution in [2.45, 2.75) is 11.7 Å². The average Bonchev–Trinajstić information content (AvgIpc) is 2.62. The highest BCUT2D eigenvalue weighted by atomic mass is 32.2. The molecule has 0 radical (unpaired) electrons. The van der Waals surface area contributed by atoms with Gasteiger partial charge >= 0.3 is 0 Å². The molecular weight excluding hydrogens is 255 g/mol. The highest BCUT2D eigenvalue weighted by molar-refractivity contribution is 8.00. The van der Waals surface area contributed by atoms with Gasteiger partial charge in [-0.3, -0.25) is 9.59 Å². The van der Waals surface area contributed by atoms with Gasteiger partial charge in [0.15, 0.2) is 0 Å². The van der Waals surface area contributed by atoms with Crippen LogP contribution in [0.4, 0.5) is 10.1 Å². The third-order valence-corrected chi connectivity index (χ3v) is 3.93. The van der Waals surface area contributed by atoms with Crippen LogP contribution in [0.25, 0.3) is 0 Å². The summed E-state index contributed by atoms with van der Waals surface area (Å²) in [4.78, 5) is 25.0. The van der Waals surface area contributed by atoms with E-state index in [9.17, 15) is 14.0 Å². The molecule has 1 fully saturated rings. The zero-order valence-electron chi connectivity index (χ0n) is 9.77. The van der Waals surface area contributed by atoms with Crippen molar-refractivity contribution in [3.05, 3.63) is 30.1 Å². The largest absolute Gasteiger partial charge is 0.357 e. The Morgan fingerprint density at radius 2 is 2.22 bits per heavy atom. The molecule has 96 valence electrons. The summed E-state index contributed by atoms with van der Waals surface area (Å²) < 4.78 is 13.1. The molecule has 0 aliphatic carbocycles. The fourth-order valence-corrected chi connectivity index (χ4v) is 2.81. The molecule has 6 heteroatoms. The molecule has 1 aliphatic heterocycles. The molecule has 1 heterocycles. The van der Waals surface area contributed by atoms with Crippen LogP contribution in [0.1, 0.15) is 6.42 Å². The van der Waals surface area contributed by atoms with E-state index in [4.69, 9.17) is 0 Å². The van der Waals surface area contributed by atoms with E-state index in [1.165, 1.54) is 30.0 Å². The van der Waals surface area contributed by atoms with Crippen molar-refractivity contribution in [2.24, 2.45) is 0 Å². The van der Waals surface area contributed by atoms with Crippen molar-refractivity contribution in [1.82, 2.24) is 0 Å². The van der Waals surface area contributed by atoms with Gasteiger partial charge in [0.25, 0.3) is 0 Å². The van der Waals surface area contributed by atoms with Gasteiger partial charge in [0.2, 0.25) is 11.8 Å². The van der Waals surface area contributed by atoms with Crippen LogP contribution < -0.4 is 10.6 Å². The first-order valence-electron chi connectivity index (χ1n) is 5.66. The second-order valence-electron chi connectivity index (χ2n) is 3.96. The predicted molar refractivity (Wildman–Crippen MR) is 67.5 cm³/mol. The van der Waals surface area contributed by atoms with Crippen molar-refractivity contribution in [1.29, 1.82) is 0 Å². The van der Waals surface area contributed by atoms with Crippen LogP contribution in [0.2, 0.25) is 0 Å². The van der Waals surface area contributed by atoms with E-state index in [0.29, 0.717) is 12.2 Å². The lowest BCUT2D eigenvalue weighted by molar-refractivity contribution is -0.360. The molecule has 0 saturated carbocycles. The Kier molecular flexibility index (Phi) is 3.98. The maximum Gasteiger partial charge on any atom is 0.247 e. The quantitative estimate of drug-likeness (QED) is 0.806. The fraction of sp³-hybridized carbons (Fsp3) is 0.333. The highest BCUT2D eigenvalue weighted by Crippen LogP contribution is 2.29. The van der Waals surface area contributed by atoms with Gasteiger partial charge in [-0.2, -0.15) is 0 Å². The lowest BCUT2D eigenvalue weighted by atomic mass is 10.3. The average molecular weight is 269 g/mol. The summed E-state index contributed by atoms with van der Waals surface area (Å²) in [6.07, 6.45) is 0.181. The molecule has 18 heavy (non-hydrogen) atoms. The van der Waals surface area contributed by atoms with Gasteiger partial charge in [0, 0.05) is 12.2 Å². The molecule has 4 nitrogen and oxygen atoms in total. The molecule has 0 bridgehead atoms. The smallest absolute Gasteiger partial charge is 0.247 e. The molecule has 0 unspecified atom stereocenters. The lowest BCUT2D eigenvalue weighted by Gasteiger charge is -2.14. The summed E-state index contributed by atoms with van der Waals surface area (Å²) in [5.74, 6) is -0.251. The van der Waals surface area contributed by atoms with E-state index in [1.807, 2.05) is 0 Å². The third-order valence-electron chi connectivity index (χ3n) is 2.64. The van der Waals surface area contributed by atoms with Gasteiger partial charge in [-0.15, -0.1) is 11.8 Å². The number of nitrogens with zero attached hydrogens (tertiary/aromatic N) is 1. The first kappa shape index (κ1) is 13.0. The van der Waals surface area contributed by atoms with E-state index in [2.05, 4.69) is 5.73 Å². The predicted octanol–water partition coefficient (Wildman–Crippen LogP) is 0.433. The first-order valence-corrected chi connectivity index (χ1v) is 6.71. The number of thioether (sulfide) groups is 1. The van der Waals surface area contributed by atoms with E-state index < -0.39 is 5.82 Å². The second kappa shape index (κ2) is 5.49. The van der Waals surface area contributed by atoms with Gasteiger partial charge in [-0.05, 0) is 18.2 Å². The number of imide groups is 1. The maximum atomic E-state index is 13.1. The molecular formula is C12H14FN2O2S+. The monoisotopic (exact) mass is 269 g/mol. The van der Waals surface area contributed by atoms with Crippen molar-refractivity contribution in [3.63, 3.8) is 0 Å². The van der Waals surface area contributed by atoms with Crippen molar-refractivity contribution >= 4 is 29.3 Å². The Hall–Kier alpha value is -1.40. The summed E-state index contributed by atoms with van der Waals surface area (Å²) in [6.45, 7) is 0.711. The van der Waals surface area contributed by atoms with Crippen LogP contribution in [-0.4, -0.2) is 29.4 Å². The molecule has 1 saturated heterocycles. The van der Waals surface area contributed by atoms with E-state index in [1.54, 1.807) is 6.07 Å². The summed E-state index contributed by atoms with van der Waals surface area (Å²) in [5.41, 5.74) is 4.01. The van der Waals surface area contributed by atoms with Crippen LogP contribution in [0.15, 0.2) is 24.3 Å². The van der Waals surface area contributed by atoms with Crippen LogP contribution >= 0.6 is 11.8 Å². The molecule has 3 N–H and O–H groups in total. The van der Waals surface area contributed by atoms with Gasteiger partial charge in [0.1, 0.15) is 5.82 Å². The van der Waals surface area contributed by atoms with Gasteiger partial charge in [-0.1, -0.05) is 6.07 Å². The van der Waals surface area contributed by atoms with Crippen LogP contribution in [0, 0.1) is 5.82 Å². The van der Waals surface area contributed by atoms with Crippen LogP contribution in [0.3, 0.4) is 0 Å². The number of rotatable bonds is 4. The Morgan fingerprint density at radius 1 is 1.44 bits per heavy atom. The number of benzene rings is 1. The number of quaternary nitrogens is 1. The number of carbonyl (C=O) groups excluding carboxylic acids is 2. The summed E-state index contributed by atoms with van der Waals surface area (Å²) >= 11 is 1.43. The topological polar surface area (TPSA) is 65.0 Å². The number of hydrogen-bond donors (Lipinski definition) is 1. The molecule has 0 spiro atoms. The Morgan fingerprint density at radius 3 is 2.89 bits per heavy atom. The summed E-state index contributed by atoms with van der Waals surface area (Å²) in [7, 11) is 0. The molecule has 1 aromatic carbocycles. The Labute approximate surface area is 108 Å². The fourth-order valence-electron chi connectivity index (χ4n) is 1.85. The van der Waals surface area contributed by atoms with Crippen molar-refractivity contribution < 1.29 is 19.7 Å². The zero-order chi connectivity index (χ0) is 13.1. The highest BCUT2D eigenvalue weighted by Gasteiger charge is 2.39. The lowest BCUT2D eigenvalue weighted by Crippen LogP contribution is -2.51. The van der Waals surface area contributed by atoms with Gasteiger partial charge in [0.05, 0.1) is 17.5 Å². The minimum absolute atomic E-state index is 0.181. The normalized spacial score (nSPS) is 19.7. The second-order valence-corrected chi connectivity index (χ2v) is 5.27. The van der Waals surface area contributed by atoms with E-state index >= 15 is 0 Å². The molecule has 1 atom stereocenters. The standard InChI is InChI=1S/C12H13FN2O2S/c13-8-2-1-3-9(6-8)15-11(16)7-10(12(15)17)18-5-4-14/h1-3,6,10H,4-5,7,14H2/p+1/t10-/m1/s1. The molecule has 2 amide bonds. The maximum absolute atomic E-state index is 13.1. The van der Waals surface area contributed by atoms with Crippen LogP contribution in [-0.2, 0) is 9.59 Å². The minimum atomic E-state index is -0.457. The number of anilines is 1. The minimum Gasteiger partial charge on any atom is -0.357 e.